The number of benzene rings is 3. The molecule has 0 aliphatic heterocycles. The van der Waals surface area contributed by atoms with E-state index in [0.29, 0.717) is 22.7 Å². The molecule has 0 spiro atoms. The number of rotatable bonds is 8. The quantitative estimate of drug-likeness (QED) is 0.327. The zero-order valence-corrected chi connectivity index (χ0v) is 21.0. The number of carbonyl (C=O) groups excluding carboxylic acids is 2. The topological polar surface area (TPSA) is 81.0 Å². The molecule has 0 bridgehead atoms. The number of furan rings is 1. The summed E-state index contributed by atoms with van der Waals surface area (Å²) in [5.74, 6) is 0.485. The van der Waals surface area contributed by atoms with Gasteiger partial charge in [-0.3, -0.25) is 14.5 Å². The minimum Gasteiger partial charge on any atom is -0.493 e. The number of nitrogens with zero attached hydrogens (tertiary/aromatic N) is 1. The van der Waals surface area contributed by atoms with Crippen LogP contribution in [0.15, 0.2) is 83.5 Å². The van der Waals surface area contributed by atoms with Crippen LogP contribution in [0.2, 0.25) is 0 Å². The van der Waals surface area contributed by atoms with Crippen LogP contribution in [0, 0.1) is 0 Å². The summed E-state index contributed by atoms with van der Waals surface area (Å²) >= 11 is 0. The molecule has 2 amide bonds. The third kappa shape index (κ3) is 4.89. The van der Waals surface area contributed by atoms with E-state index in [1.54, 1.807) is 44.6 Å². The number of fused-ring (bicyclic) bond motifs is 1. The number of ether oxygens (including phenoxy) is 2. The standard InChI is InChI=1S/C30H30N2O5/c1-35-25-17-16-21(19-27(25)36-2)28(29(33)31-22-11-4-5-12-22)32(30(34)26-15-8-18-37-26)24-14-7-10-20-9-3-6-13-23(20)24/h3,6-10,13-19,22,28H,4-5,11-12H2,1-2H3,(H,31,33)/t28-/m0/s1. The maximum absolute atomic E-state index is 14.1. The highest BCUT2D eigenvalue weighted by molar-refractivity contribution is 6.13. The third-order valence-electron chi connectivity index (χ3n) is 6.91. The van der Waals surface area contributed by atoms with E-state index in [-0.39, 0.29) is 17.7 Å². The summed E-state index contributed by atoms with van der Waals surface area (Å²) < 4.78 is 16.5. The maximum Gasteiger partial charge on any atom is 0.294 e. The number of methoxy groups -OCH3 is 2. The van der Waals surface area contributed by atoms with Gasteiger partial charge in [0.25, 0.3) is 5.91 Å². The lowest BCUT2D eigenvalue weighted by molar-refractivity contribution is -0.123. The van der Waals surface area contributed by atoms with Crippen LogP contribution in [-0.4, -0.2) is 32.1 Å². The van der Waals surface area contributed by atoms with Gasteiger partial charge in [-0.2, -0.15) is 0 Å². The molecule has 190 valence electrons. The van der Waals surface area contributed by atoms with E-state index in [9.17, 15) is 9.59 Å². The first-order chi connectivity index (χ1) is 18.1. The van der Waals surface area contributed by atoms with Crippen molar-refractivity contribution in [2.75, 3.05) is 19.1 Å². The largest absolute Gasteiger partial charge is 0.493 e. The molecule has 5 rings (SSSR count). The van der Waals surface area contributed by atoms with E-state index < -0.39 is 11.9 Å². The highest BCUT2D eigenvalue weighted by Gasteiger charge is 2.37. The summed E-state index contributed by atoms with van der Waals surface area (Å²) in [6.07, 6.45) is 5.45. The zero-order valence-electron chi connectivity index (χ0n) is 21.0. The lowest BCUT2D eigenvalue weighted by Crippen LogP contribution is -2.46. The van der Waals surface area contributed by atoms with E-state index in [4.69, 9.17) is 13.9 Å². The minimum absolute atomic E-state index is 0.0724. The smallest absolute Gasteiger partial charge is 0.294 e. The number of anilines is 1. The number of hydrogen-bond acceptors (Lipinski definition) is 5. The fourth-order valence-electron chi connectivity index (χ4n) is 5.09. The Bertz CT molecular complexity index is 1390. The van der Waals surface area contributed by atoms with Crippen LogP contribution < -0.4 is 19.7 Å². The Balaban J connectivity index is 1.71. The summed E-state index contributed by atoms with van der Waals surface area (Å²) in [6.45, 7) is 0. The van der Waals surface area contributed by atoms with Gasteiger partial charge in [-0.15, -0.1) is 0 Å². The van der Waals surface area contributed by atoms with Gasteiger partial charge in [0.05, 0.1) is 26.2 Å². The molecule has 3 aromatic carbocycles. The summed E-state index contributed by atoms with van der Waals surface area (Å²) in [5.41, 5.74) is 1.21. The van der Waals surface area contributed by atoms with Crippen LogP contribution in [0.25, 0.3) is 10.8 Å². The fraction of sp³-hybridized carbons (Fsp3) is 0.267. The average molecular weight is 499 g/mol. The van der Waals surface area contributed by atoms with E-state index in [1.807, 2.05) is 42.5 Å². The first-order valence-electron chi connectivity index (χ1n) is 12.5. The second kappa shape index (κ2) is 10.8. The van der Waals surface area contributed by atoms with Crippen molar-refractivity contribution in [3.8, 4) is 11.5 Å². The first kappa shape index (κ1) is 24.4. The van der Waals surface area contributed by atoms with Gasteiger partial charge < -0.3 is 19.2 Å². The average Bonchev–Trinajstić information content (AvgIpc) is 3.66. The Morgan fingerprint density at radius 1 is 0.919 bits per heavy atom. The zero-order chi connectivity index (χ0) is 25.8. The van der Waals surface area contributed by atoms with Crippen LogP contribution >= 0.6 is 0 Å². The third-order valence-corrected chi connectivity index (χ3v) is 6.91. The van der Waals surface area contributed by atoms with Gasteiger partial charge in [0.1, 0.15) is 6.04 Å². The Morgan fingerprint density at radius 2 is 1.68 bits per heavy atom. The summed E-state index contributed by atoms with van der Waals surface area (Å²) in [5, 5.41) is 5.02. The summed E-state index contributed by atoms with van der Waals surface area (Å²) in [4.78, 5) is 29.7. The van der Waals surface area contributed by atoms with Gasteiger partial charge >= 0.3 is 0 Å². The van der Waals surface area contributed by atoms with Crippen molar-refractivity contribution in [2.45, 2.75) is 37.8 Å². The van der Waals surface area contributed by atoms with Gasteiger partial charge in [-0.1, -0.05) is 55.3 Å². The van der Waals surface area contributed by atoms with Crippen molar-refractivity contribution < 1.29 is 23.5 Å². The molecule has 37 heavy (non-hydrogen) atoms. The molecule has 7 heteroatoms. The molecule has 1 fully saturated rings. The van der Waals surface area contributed by atoms with Gasteiger partial charge in [0.15, 0.2) is 17.3 Å². The minimum atomic E-state index is -0.983. The molecule has 1 heterocycles. The first-order valence-corrected chi connectivity index (χ1v) is 12.5. The predicted molar refractivity (Wildman–Crippen MR) is 142 cm³/mol. The van der Waals surface area contributed by atoms with Crippen molar-refractivity contribution in [1.29, 1.82) is 0 Å². The van der Waals surface area contributed by atoms with Gasteiger partial charge in [-0.05, 0) is 54.1 Å². The summed E-state index contributed by atoms with van der Waals surface area (Å²) in [6, 6.07) is 21.2. The molecule has 1 atom stereocenters. The van der Waals surface area contributed by atoms with Crippen molar-refractivity contribution >= 4 is 28.3 Å². The van der Waals surface area contributed by atoms with E-state index >= 15 is 0 Å². The Hall–Kier alpha value is -4.26. The van der Waals surface area contributed by atoms with Crippen molar-refractivity contribution in [1.82, 2.24) is 5.32 Å². The molecular formula is C30H30N2O5. The summed E-state index contributed by atoms with van der Waals surface area (Å²) in [7, 11) is 3.11. The molecule has 1 N–H and O–H groups in total. The Kier molecular flexibility index (Phi) is 7.12. The monoisotopic (exact) mass is 498 g/mol. The van der Waals surface area contributed by atoms with E-state index in [0.717, 1.165) is 36.5 Å². The predicted octanol–water partition coefficient (Wildman–Crippen LogP) is 5.90. The van der Waals surface area contributed by atoms with Gasteiger partial charge in [0, 0.05) is 11.4 Å². The molecule has 7 nitrogen and oxygen atoms in total. The Morgan fingerprint density at radius 3 is 2.41 bits per heavy atom. The molecule has 0 unspecified atom stereocenters. The molecule has 0 radical (unpaired) electrons. The molecule has 0 saturated heterocycles. The number of carbonyl (C=O) groups is 2. The highest BCUT2D eigenvalue weighted by atomic mass is 16.5. The SMILES string of the molecule is COc1ccc([C@@H](C(=O)NC2CCCC2)N(C(=O)c2ccco2)c2cccc3ccccc23)cc1OC. The van der Waals surface area contributed by atoms with Gasteiger partial charge in [0.2, 0.25) is 5.91 Å². The number of nitrogens with one attached hydrogen (secondary N) is 1. The van der Waals surface area contributed by atoms with Crippen molar-refractivity contribution in [2.24, 2.45) is 0 Å². The molecule has 1 aliphatic carbocycles. The van der Waals surface area contributed by atoms with Crippen LogP contribution in [0.4, 0.5) is 5.69 Å². The van der Waals surface area contributed by atoms with Crippen LogP contribution in [0.3, 0.4) is 0 Å². The molecule has 1 aliphatic rings. The number of hydrogen-bond donors (Lipinski definition) is 1. The van der Waals surface area contributed by atoms with Crippen molar-refractivity contribution in [3.05, 3.63) is 90.4 Å². The number of amides is 2. The normalized spacial score (nSPS) is 14.3. The molecule has 4 aromatic rings. The van der Waals surface area contributed by atoms with E-state index in [1.165, 1.54) is 11.2 Å². The second-order valence-corrected chi connectivity index (χ2v) is 9.16. The maximum atomic E-state index is 14.1. The fourth-order valence-corrected chi connectivity index (χ4v) is 5.09. The molecular weight excluding hydrogens is 468 g/mol. The molecule has 1 saturated carbocycles. The van der Waals surface area contributed by atoms with Crippen LogP contribution in [0.5, 0.6) is 11.5 Å². The lowest BCUT2D eigenvalue weighted by Gasteiger charge is -2.32. The van der Waals surface area contributed by atoms with Crippen LogP contribution in [-0.2, 0) is 4.79 Å². The van der Waals surface area contributed by atoms with Crippen LogP contribution in [0.1, 0.15) is 47.8 Å². The lowest BCUT2D eigenvalue weighted by atomic mass is 9.99. The molecule has 1 aromatic heterocycles. The second-order valence-electron chi connectivity index (χ2n) is 9.16. The Labute approximate surface area is 216 Å². The van der Waals surface area contributed by atoms with E-state index in [2.05, 4.69) is 5.32 Å². The van der Waals surface area contributed by atoms with Gasteiger partial charge in [-0.25, -0.2) is 0 Å². The highest BCUT2D eigenvalue weighted by Crippen LogP contribution is 2.38. The van der Waals surface area contributed by atoms with Crippen molar-refractivity contribution in [3.63, 3.8) is 0 Å².